The number of hydrogen-bond donors (Lipinski definition) is 1. The average molecular weight is 293 g/mol. The summed E-state index contributed by atoms with van der Waals surface area (Å²) in [6.07, 6.45) is 1.74. The molecule has 2 aliphatic heterocycles. The maximum absolute atomic E-state index is 12.1. The van der Waals surface area contributed by atoms with Gasteiger partial charge in [0.1, 0.15) is 0 Å². The topological polar surface area (TPSA) is 64.6 Å². The molecule has 0 spiro atoms. The van der Waals surface area contributed by atoms with E-state index in [9.17, 15) is 9.59 Å². The van der Waals surface area contributed by atoms with Crippen molar-refractivity contribution in [2.45, 2.75) is 0 Å². The first kappa shape index (κ1) is 12.6. The molecule has 0 atom stereocenters. The highest BCUT2D eigenvalue weighted by Crippen LogP contribution is 2.34. The van der Waals surface area contributed by atoms with Crippen LogP contribution in [0.15, 0.2) is 42.5 Å². The fourth-order valence-electron chi connectivity index (χ4n) is 2.59. The van der Waals surface area contributed by atoms with E-state index in [1.54, 1.807) is 36.4 Å². The number of amides is 2. The van der Waals surface area contributed by atoms with E-state index in [1.807, 2.05) is 12.1 Å². The smallest absolute Gasteiger partial charge is 0.258 e. The second-order valence-corrected chi connectivity index (χ2v) is 5.00. The number of benzene rings is 2. The number of carbonyl (C=O) groups excluding carboxylic acids is 2. The molecule has 0 unspecified atom stereocenters. The Morgan fingerprint density at radius 2 is 1.68 bits per heavy atom. The molecule has 2 aromatic carbocycles. The van der Waals surface area contributed by atoms with Gasteiger partial charge in [0.15, 0.2) is 11.5 Å². The van der Waals surface area contributed by atoms with Crippen LogP contribution in [0.25, 0.3) is 11.6 Å². The van der Waals surface area contributed by atoms with E-state index < -0.39 is 5.91 Å². The van der Waals surface area contributed by atoms with Crippen molar-refractivity contribution in [2.24, 2.45) is 0 Å². The van der Waals surface area contributed by atoms with Crippen LogP contribution in [-0.2, 0) is 4.79 Å². The van der Waals surface area contributed by atoms with E-state index in [2.05, 4.69) is 5.32 Å². The highest BCUT2D eigenvalue weighted by atomic mass is 16.7. The molecule has 0 aliphatic carbocycles. The minimum absolute atomic E-state index is 0.202. The van der Waals surface area contributed by atoms with Gasteiger partial charge in [0, 0.05) is 11.1 Å². The van der Waals surface area contributed by atoms with Gasteiger partial charge in [-0.3, -0.25) is 14.9 Å². The normalized spacial score (nSPS) is 17.4. The molecule has 4 rings (SSSR count). The number of carbonyl (C=O) groups is 2. The molecule has 0 saturated carbocycles. The summed E-state index contributed by atoms with van der Waals surface area (Å²) in [4.78, 5) is 24.0. The van der Waals surface area contributed by atoms with Crippen molar-refractivity contribution >= 4 is 23.5 Å². The number of nitrogens with one attached hydrogen (secondary N) is 1. The highest BCUT2D eigenvalue weighted by molar-refractivity contribution is 6.33. The minimum Gasteiger partial charge on any atom is -0.454 e. The van der Waals surface area contributed by atoms with Crippen molar-refractivity contribution in [3.63, 3.8) is 0 Å². The second kappa shape index (κ2) is 4.73. The van der Waals surface area contributed by atoms with Crippen molar-refractivity contribution in [3.05, 3.63) is 59.2 Å². The molecule has 108 valence electrons. The van der Waals surface area contributed by atoms with Crippen molar-refractivity contribution < 1.29 is 19.1 Å². The maximum atomic E-state index is 12.1. The molecule has 22 heavy (non-hydrogen) atoms. The standard InChI is InChI=1S/C17H11NO4/c19-16-12-4-2-1-3-11(12)13(17(20)18-16)7-10-5-6-14-15(8-10)22-9-21-14/h1-8H,9H2,(H,18,19,20)/b13-7-. The van der Waals surface area contributed by atoms with Gasteiger partial charge in [-0.05, 0) is 35.4 Å². The van der Waals surface area contributed by atoms with Crippen LogP contribution in [0.5, 0.6) is 11.5 Å². The Kier molecular flexibility index (Phi) is 2.72. The summed E-state index contributed by atoms with van der Waals surface area (Å²) in [7, 11) is 0. The van der Waals surface area contributed by atoms with E-state index in [0.29, 0.717) is 28.2 Å². The first-order valence-electron chi connectivity index (χ1n) is 6.79. The zero-order chi connectivity index (χ0) is 15.1. The SMILES string of the molecule is O=C1NC(=O)c2ccccc2/C1=C/c1ccc2c(c1)OCO2. The maximum Gasteiger partial charge on any atom is 0.258 e. The van der Waals surface area contributed by atoms with Crippen LogP contribution >= 0.6 is 0 Å². The molecule has 0 fully saturated rings. The fraction of sp³-hybridized carbons (Fsp3) is 0.0588. The van der Waals surface area contributed by atoms with Crippen LogP contribution in [0.4, 0.5) is 0 Å². The molecule has 2 aliphatic rings. The lowest BCUT2D eigenvalue weighted by Crippen LogP contribution is -2.36. The summed E-state index contributed by atoms with van der Waals surface area (Å²) >= 11 is 0. The van der Waals surface area contributed by atoms with Crippen LogP contribution in [-0.4, -0.2) is 18.6 Å². The summed E-state index contributed by atoms with van der Waals surface area (Å²) in [6, 6.07) is 12.5. The predicted octanol–water partition coefficient (Wildman–Crippen LogP) is 2.23. The summed E-state index contributed by atoms with van der Waals surface area (Å²) in [5.41, 5.74) is 2.38. The Bertz CT molecular complexity index is 838. The van der Waals surface area contributed by atoms with Gasteiger partial charge in [-0.2, -0.15) is 0 Å². The largest absolute Gasteiger partial charge is 0.454 e. The van der Waals surface area contributed by atoms with E-state index in [4.69, 9.17) is 9.47 Å². The first-order valence-corrected chi connectivity index (χ1v) is 6.79. The van der Waals surface area contributed by atoms with Gasteiger partial charge in [-0.15, -0.1) is 0 Å². The summed E-state index contributed by atoms with van der Waals surface area (Å²) in [6.45, 7) is 0.202. The quantitative estimate of drug-likeness (QED) is 0.647. The zero-order valence-corrected chi connectivity index (χ0v) is 11.5. The van der Waals surface area contributed by atoms with Crippen molar-refractivity contribution in [1.82, 2.24) is 5.32 Å². The van der Waals surface area contributed by atoms with Crippen LogP contribution in [0, 0.1) is 0 Å². The average Bonchev–Trinajstić information content (AvgIpc) is 2.99. The van der Waals surface area contributed by atoms with Gasteiger partial charge >= 0.3 is 0 Å². The zero-order valence-electron chi connectivity index (χ0n) is 11.5. The lowest BCUT2D eigenvalue weighted by atomic mass is 9.93. The Balaban J connectivity index is 1.83. The summed E-state index contributed by atoms with van der Waals surface area (Å²) in [5, 5.41) is 2.36. The third kappa shape index (κ3) is 1.95. The van der Waals surface area contributed by atoms with Gasteiger partial charge in [-0.25, -0.2) is 0 Å². The molecule has 0 bridgehead atoms. The minimum atomic E-state index is -0.402. The van der Waals surface area contributed by atoms with Crippen molar-refractivity contribution in [3.8, 4) is 11.5 Å². The predicted molar refractivity (Wildman–Crippen MR) is 79.4 cm³/mol. The van der Waals surface area contributed by atoms with E-state index in [0.717, 1.165) is 5.56 Å². The molecule has 1 N–H and O–H groups in total. The van der Waals surface area contributed by atoms with E-state index >= 15 is 0 Å². The Hall–Kier alpha value is -3.08. The first-order chi connectivity index (χ1) is 10.7. The molecule has 2 heterocycles. The number of rotatable bonds is 1. The summed E-state index contributed by atoms with van der Waals surface area (Å²) < 4.78 is 10.6. The van der Waals surface area contributed by atoms with Crippen LogP contribution < -0.4 is 14.8 Å². The Labute approximate surface area is 126 Å². The fourth-order valence-corrected chi connectivity index (χ4v) is 2.59. The molecule has 5 heteroatoms. The highest BCUT2D eigenvalue weighted by Gasteiger charge is 2.26. The second-order valence-electron chi connectivity index (χ2n) is 5.00. The number of ether oxygens (including phenoxy) is 2. The van der Waals surface area contributed by atoms with Gasteiger partial charge in [0.25, 0.3) is 11.8 Å². The van der Waals surface area contributed by atoms with Crippen molar-refractivity contribution in [2.75, 3.05) is 6.79 Å². The third-order valence-electron chi connectivity index (χ3n) is 3.64. The van der Waals surface area contributed by atoms with E-state index in [1.165, 1.54) is 0 Å². The molecular formula is C17H11NO4. The van der Waals surface area contributed by atoms with Crippen LogP contribution in [0.3, 0.4) is 0 Å². The molecule has 2 amide bonds. The lowest BCUT2D eigenvalue weighted by Gasteiger charge is -2.18. The van der Waals surface area contributed by atoms with Gasteiger partial charge in [0.2, 0.25) is 6.79 Å². The molecule has 0 aromatic heterocycles. The van der Waals surface area contributed by atoms with Crippen LogP contribution in [0.1, 0.15) is 21.5 Å². The van der Waals surface area contributed by atoms with Gasteiger partial charge in [-0.1, -0.05) is 24.3 Å². The monoisotopic (exact) mass is 293 g/mol. The molecular weight excluding hydrogens is 282 g/mol. The van der Waals surface area contributed by atoms with Crippen molar-refractivity contribution in [1.29, 1.82) is 0 Å². The number of fused-ring (bicyclic) bond motifs is 2. The Morgan fingerprint density at radius 1 is 0.909 bits per heavy atom. The van der Waals surface area contributed by atoms with Gasteiger partial charge < -0.3 is 9.47 Å². The molecule has 0 saturated heterocycles. The van der Waals surface area contributed by atoms with E-state index in [-0.39, 0.29) is 12.7 Å². The lowest BCUT2D eigenvalue weighted by molar-refractivity contribution is -0.114. The number of imide groups is 1. The molecule has 5 nitrogen and oxygen atoms in total. The molecule has 2 aromatic rings. The van der Waals surface area contributed by atoms with Gasteiger partial charge in [0.05, 0.1) is 0 Å². The van der Waals surface area contributed by atoms with Crippen LogP contribution in [0.2, 0.25) is 0 Å². The molecule has 0 radical (unpaired) electrons. The summed E-state index contributed by atoms with van der Waals surface area (Å²) in [5.74, 6) is 0.561. The number of hydrogen-bond acceptors (Lipinski definition) is 4. The third-order valence-corrected chi connectivity index (χ3v) is 3.64. The Morgan fingerprint density at radius 3 is 2.55 bits per heavy atom.